The third-order valence-electron chi connectivity index (χ3n) is 2.19. The van der Waals surface area contributed by atoms with Gasteiger partial charge in [0, 0.05) is 11.7 Å². The largest absolute Gasteiger partial charge is 0.350 e. The lowest BCUT2D eigenvalue weighted by atomic mass is 10.1. The van der Waals surface area contributed by atoms with Gasteiger partial charge >= 0.3 is 0 Å². The van der Waals surface area contributed by atoms with Crippen LogP contribution in [-0.4, -0.2) is 16.0 Å². The maximum atomic E-state index is 11.9. The number of carbonyl (C=O) groups excluding carboxylic acids is 1. The first kappa shape index (κ1) is 12.3. The van der Waals surface area contributed by atoms with Gasteiger partial charge < -0.3 is 9.88 Å². The summed E-state index contributed by atoms with van der Waals surface area (Å²) in [4.78, 5) is 11.9. The van der Waals surface area contributed by atoms with Gasteiger partial charge in [0.15, 0.2) is 0 Å². The summed E-state index contributed by atoms with van der Waals surface area (Å²) in [6.45, 7) is 7.57. The molecule has 0 bridgehead atoms. The molecule has 16 heavy (non-hydrogen) atoms. The molecule has 0 aliphatic heterocycles. The lowest BCUT2D eigenvalue weighted by molar-refractivity contribution is -0.125. The molecule has 86 valence electrons. The van der Waals surface area contributed by atoms with Gasteiger partial charge in [0.2, 0.25) is 5.91 Å². The number of nitrogens with one attached hydrogen (secondary N) is 1. The molecule has 0 radical (unpaired) electrons. The first-order chi connectivity index (χ1) is 7.35. The fourth-order valence-corrected chi connectivity index (χ4v) is 1.43. The van der Waals surface area contributed by atoms with E-state index >= 15 is 0 Å². The summed E-state index contributed by atoms with van der Waals surface area (Å²) in [7, 11) is 0. The van der Waals surface area contributed by atoms with E-state index in [0.717, 1.165) is 0 Å². The number of hydrogen-bond donors (Lipinski definition) is 1. The number of rotatable bonds is 2. The Hall–Kier alpha value is -1.76. The van der Waals surface area contributed by atoms with Gasteiger partial charge in [-0.15, -0.1) is 0 Å². The minimum absolute atomic E-state index is 0.0831. The molecule has 1 N–H and O–H groups in total. The zero-order valence-electron chi connectivity index (χ0n) is 10.1. The van der Waals surface area contributed by atoms with E-state index in [9.17, 15) is 4.79 Å². The monoisotopic (exact) mass is 219 g/mol. The van der Waals surface area contributed by atoms with Crippen LogP contribution < -0.4 is 5.32 Å². The number of nitriles is 1. The molecule has 0 aromatic carbocycles. The van der Waals surface area contributed by atoms with Crippen LogP contribution >= 0.6 is 0 Å². The summed E-state index contributed by atoms with van der Waals surface area (Å²) >= 11 is 0. The molecule has 4 heteroatoms. The Balaban J connectivity index is 2.83. The average molecular weight is 219 g/mol. The molecule has 0 spiro atoms. The maximum Gasteiger partial charge on any atom is 0.243 e. The van der Waals surface area contributed by atoms with Crippen LogP contribution in [0, 0.1) is 11.3 Å². The topological polar surface area (TPSA) is 57.8 Å². The minimum Gasteiger partial charge on any atom is -0.350 e. The van der Waals surface area contributed by atoms with Crippen molar-refractivity contribution in [1.29, 1.82) is 5.26 Å². The number of nitrogens with zero attached hydrogens (tertiary/aromatic N) is 2. The van der Waals surface area contributed by atoms with Crippen molar-refractivity contribution < 1.29 is 4.79 Å². The predicted octanol–water partition coefficient (Wildman–Crippen LogP) is 1.84. The number of aromatic nitrogens is 1. The molecule has 0 aliphatic carbocycles. The van der Waals surface area contributed by atoms with E-state index in [-0.39, 0.29) is 17.5 Å². The van der Waals surface area contributed by atoms with Gasteiger partial charge in [-0.3, -0.25) is 4.79 Å². The van der Waals surface area contributed by atoms with Gasteiger partial charge in [0.05, 0.1) is 0 Å². The van der Waals surface area contributed by atoms with E-state index in [1.54, 1.807) is 29.8 Å². The number of carbonyl (C=O) groups is 1. The molecule has 1 aromatic heterocycles. The summed E-state index contributed by atoms with van der Waals surface area (Å²) in [5.41, 5.74) is 0.238. The van der Waals surface area contributed by atoms with Crippen molar-refractivity contribution in [3.05, 3.63) is 24.0 Å². The Morgan fingerprint density at radius 3 is 2.69 bits per heavy atom. The molecule has 0 saturated carbocycles. The zero-order chi connectivity index (χ0) is 12.3. The van der Waals surface area contributed by atoms with E-state index in [4.69, 9.17) is 5.26 Å². The third-order valence-corrected chi connectivity index (χ3v) is 2.19. The molecule has 1 heterocycles. The van der Waals surface area contributed by atoms with Crippen molar-refractivity contribution in [2.75, 3.05) is 0 Å². The third kappa shape index (κ3) is 2.86. The average Bonchev–Trinajstić information content (AvgIpc) is 2.61. The molecule has 1 aromatic rings. The van der Waals surface area contributed by atoms with Gasteiger partial charge in [-0.25, -0.2) is 0 Å². The highest BCUT2D eigenvalue weighted by Gasteiger charge is 2.21. The zero-order valence-corrected chi connectivity index (χ0v) is 10.1. The van der Waals surface area contributed by atoms with Crippen LogP contribution in [0.1, 0.15) is 39.4 Å². The van der Waals surface area contributed by atoms with Gasteiger partial charge in [-0.1, -0.05) is 0 Å². The van der Waals surface area contributed by atoms with Crippen LogP contribution in [0.4, 0.5) is 0 Å². The van der Waals surface area contributed by atoms with E-state index in [1.165, 1.54) is 0 Å². The molecule has 1 unspecified atom stereocenters. The van der Waals surface area contributed by atoms with Crippen molar-refractivity contribution in [3.63, 3.8) is 0 Å². The van der Waals surface area contributed by atoms with E-state index < -0.39 is 0 Å². The molecule has 4 nitrogen and oxygen atoms in total. The molecule has 0 aliphatic rings. The van der Waals surface area contributed by atoms with Crippen LogP contribution in [0.3, 0.4) is 0 Å². The summed E-state index contributed by atoms with van der Waals surface area (Å²) in [6, 6.07) is 5.14. The quantitative estimate of drug-likeness (QED) is 0.825. The first-order valence-corrected chi connectivity index (χ1v) is 5.24. The molecule has 1 rings (SSSR count). The van der Waals surface area contributed by atoms with Crippen LogP contribution in [-0.2, 0) is 4.79 Å². The Morgan fingerprint density at radius 2 is 2.19 bits per heavy atom. The second kappa shape index (κ2) is 4.40. The van der Waals surface area contributed by atoms with Crippen molar-refractivity contribution in [2.45, 2.75) is 39.3 Å². The van der Waals surface area contributed by atoms with E-state index in [2.05, 4.69) is 11.4 Å². The predicted molar refractivity (Wildman–Crippen MR) is 61.8 cm³/mol. The van der Waals surface area contributed by atoms with Gasteiger partial charge in [0.25, 0.3) is 0 Å². The smallest absolute Gasteiger partial charge is 0.243 e. The number of amides is 1. The molecule has 0 saturated heterocycles. The lowest BCUT2D eigenvalue weighted by Gasteiger charge is -2.24. The first-order valence-electron chi connectivity index (χ1n) is 5.24. The van der Waals surface area contributed by atoms with E-state index in [0.29, 0.717) is 5.69 Å². The lowest BCUT2D eigenvalue weighted by Crippen LogP contribution is -2.43. The van der Waals surface area contributed by atoms with Gasteiger partial charge in [-0.05, 0) is 39.8 Å². The maximum absolute atomic E-state index is 11.9. The van der Waals surface area contributed by atoms with Crippen LogP contribution in [0.2, 0.25) is 0 Å². The minimum atomic E-state index is -0.371. The van der Waals surface area contributed by atoms with Crippen LogP contribution in [0.15, 0.2) is 18.3 Å². The Kier molecular flexibility index (Phi) is 3.38. The second-order valence-electron chi connectivity index (χ2n) is 4.83. The standard InChI is InChI=1S/C12H17N3O/c1-9(11(16)14-12(2,3)4)15-7-5-6-10(15)8-13/h5-7,9H,1-4H3,(H,14,16). The summed E-state index contributed by atoms with van der Waals surface area (Å²) < 4.78 is 1.67. The number of hydrogen-bond acceptors (Lipinski definition) is 2. The summed E-state index contributed by atoms with van der Waals surface area (Å²) in [6.07, 6.45) is 1.74. The Bertz CT molecular complexity index is 420. The fourth-order valence-electron chi connectivity index (χ4n) is 1.43. The Labute approximate surface area is 95.9 Å². The van der Waals surface area contributed by atoms with Crippen molar-refractivity contribution in [3.8, 4) is 6.07 Å². The normalized spacial score (nSPS) is 12.9. The molecule has 0 fully saturated rings. The second-order valence-corrected chi connectivity index (χ2v) is 4.83. The fraction of sp³-hybridized carbons (Fsp3) is 0.500. The molecular formula is C12H17N3O. The Morgan fingerprint density at radius 1 is 1.56 bits per heavy atom. The van der Waals surface area contributed by atoms with Crippen LogP contribution in [0.25, 0.3) is 0 Å². The van der Waals surface area contributed by atoms with E-state index in [1.807, 2.05) is 20.8 Å². The highest BCUT2D eigenvalue weighted by molar-refractivity contribution is 5.80. The van der Waals surface area contributed by atoms with Crippen molar-refractivity contribution in [2.24, 2.45) is 0 Å². The molecular weight excluding hydrogens is 202 g/mol. The molecule has 1 atom stereocenters. The van der Waals surface area contributed by atoms with Gasteiger partial charge in [0.1, 0.15) is 17.8 Å². The van der Waals surface area contributed by atoms with Crippen molar-refractivity contribution >= 4 is 5.91 Å². The molecule has 1 amide bonds. The van der Waals surface area contributed by atoms with Crippen LogP contribution in [0.5, 0.6) is 0 Å². The SMILES string of the molecule is CC(C(=O)NC(C)(C)C)n1cccc1C#N. The van der Waals surface area contributed by atoms with Gasteiger partial charge in [-0.2, -0.15) is 5.26 Å². The highest BCUT2D eigenvalue weighted by Crippen LogP contribution is 2.12. The highest BCUT2D eigenvalue weighted by atomic mass is 16.2. The summed E-state index contributed by atoms with van der Waals surface area (Å²) in [5.74, 6) is -0.0831. The summed E-state index contributed by atoms with van der Waals surface area (Å²) in [5, 5.41) is 11.8. The van der Waals surface area contributed by atoms with Crippen molar-refractivity contribution in [1.82, 2.24) is 9.88 Å².